The Hall–Kier alpha value is -2.81. The van der Waals surface area contributed by atoms with E-state index in [1.54, 1.807) is 32.9 Å². The minimum Gasteiger partial charge on any atom is -0.478 e. The molecule has 0 fully saturated rings. The predicted octanol–water partition coefficient (Wildman–Crippen LogP) is 0.572. The molecular formula is C15H19N5O4. The fraction of sp³-hybridized carbons (Fsp3) is 0.400. The van der Waals surface area contributed by atoms with Crippen LogP contribution in [0.3, 0.4) is 0 Å². The van der Waals surface area contributed by atoms with Crippen LogP contribution < -0.4 is 5.73 Å². The number of carbonyl (C=O) groups is 2. The molecule has 2 aromatic rings. The molecule has 3 N–H and O–H groups in total. The molecule has 0 saturated heterocycles. The van der Waals surface area contributed by atoms with Crippen LogP contribution in [0.1, 0.15) is 37.0 Å². The molecule has 1 heterocycles. The molecule has 0 radical (unpaired) electrons. The molecule has 1 aromatic heterocycles. The van der Waals surface area contributed by atoms with Gasteiger partial charge in [-0.05, 0) is 50.3 Å². The number of benzene rings is 1. The second-order valence-corrected chi connectivity index (χ2v) is 6.19. The first-order chi connectivity index (χ1) is 11.2. The third-order valence-corrected chi connectivity index (χ3v) is 2.91. The highest BCUT2D eigenvalue weighted by atomic mass is 16.6. The highest BCUT2D eigenvalue weighted by Crippen LogP contribution is 2.10. The monoisotopic (exact) mass is 333 g/mol. The van der Waals surface area contributed by atoms with Crippen LogP contribution in [0.5, 0.6) is 0 Å². The lowest BCUT2D eigenvalue weighted by Crippen LogP contribution is -2.39. The summed E-state index contributed by atoms with van der Waals surface area (Å²) in [6.45, 7) is 5.27. The van der Waals surface area contributed by atoms with Gasteiger partial charge in [-0.3, -0.25) is 4.79 Å². The summed E-state index contributed by atoms with van der Waals surface area (Å²) in [7, 11) is 0. The van der Waals surface area contributed by atoms with Crippen LogP contribution in [0.2, 0.25) is 0 Å². The Labute approximate surface area is 138 Å². The van der Waals surface area contributed by atoms with Gasteiger partial charge in [0.1, 0.15) is 11.6 Å². The Bertz CT molecular complexity index is 733. The molecule has 1 unspecified atom stereocenters. The SMILES string of the molecule is CC(C)(C)OC(=O)C(N)Cc1nnn(-c2ccc(C(=O)O)cc2)n1. The maximum Gasteiger partial charge on any atom is 0.335 e. The lowest BCUT2D eigenvalue weighted by atomic mass is 10.1. The Morgan fingerprint density at radius 2 is 1.92 bits per heavy atom. The lowest BCUT2D eigenvalue weighted by Gasteiger charge is -2.21. The van der Waals surface area contributed by atoms with Crippen molar-refractivity contribution < 1.29 is 19.4 Å². The first-order valence-corrected chi connectivity index (χ1v) is 7.27. The summed E-state index contributed by atoms with van der Waals surface area (Å²) < 4.78 is 5.20. The number of hydrogen-bond acceptors (Lipinski definition) is 7. The van der Waals surface area contributed by atoms with Gasteiger partial charge in [0.15, 0.2) is 5.82 Å². The van der Waals surface area contributed by atoms with E-state index in [9.17, 15) is 9.59 Å². The number of carboxylic acid groups (broad SMARTS) is 1. The summed E-state index contributed by atoms with van der Waals surface area (Å²) in [5.74, 6) is -1.27. The van der Waals surface area contributed by atoms with Gasteiger partial charge in [-0.25, -0.2) is 4.79 Å². The Morgan fingerprint density at radius 1 is 1.29 bits per heavy atom. The zero-order chi connectivity index (χ0) is 17.9. The summed E-state index contributed by atoms with van der Waals surface area (Å²) in [5.41, 5.74) is 5.89. The number of tetrazole rings is 1. The van der Waals surface area contributed by atoms with Gasteiger partial charge >= 0.3 is 11.9 Å². The van der Waals surface area contributed by atoms with Crippen LogP contribution in [0.15, 0.2) is 24.3 Å². The zero-order valence-corrected chi connectivity index (χ0v) is 13.6. The van der Waals surface area contributed by atoms with Crippen LogP contribution in [0, 0.1) is 0 Å². The van der Waals surface area contributed by atoms with E-state index in [4.69, 9.17) is 15.6 Å². The molecular weight excluding hydrogens is 314 g/mol. The number of aromatic nitrogens is 4. The molecule has 9 heteroatoms. The van der Waals surface area contributed by atoms with Gasteiger partial charge in [-0.1, -0.05) is 0 Å². The molecule has 0 bridgehead atoms. The average Bonchev–Trinajstić information content (AvgIpc) is 2.94. The largest absolute Gasteiger partial charge is 0.478 e. The van der Waals surface area contributed by atoms with Crippen LogP contribution in [0.25, 0.3) is 5.69 Å². The summed E-state index contributed by atoms with van der Waals surface area (Å²) >= 11 is 0. The van der Waals surface area contributed by atoms with Crippen LogP contribution in [-0.4, -0.2) is 48.9 Å². The van der Waals surface area contributed by atoms with Crippen molar-refractivity contribution in [2.24, 2.45) is 5.73 Å². The standard InChI is InChI=1S/C15H19N5O4/c1-15(2,3)24-14(23)11(16)8-12-17-19-20(18-12)10-6-4-9(5-7-10)13(21)22/h4-7,11H,8,16H2,1-3H3,(H,21,22). The molecule has 2 rings (SSSR count). The number of rotatable bonds is 5. The van der Waals surface area contributed by atoms with Crippen LogP contribution in [-0.2, 0) is 16.0 Å². The molecule has 0 aliphatic carbocycles. The van der Waals surface area contributed by atoms with Gasteiger partial charge in [0, 0.05) is 6.42 Å². The van der Waals surface area contributed by atoms with Crippen molar-refractivity contribution in [1.82, 2.24) is 20.2 Å². The molecule has 128 valence electrons. The van der Waals surface area contributed by atoms with Crippen molar-refractivity contribution in [1.29, 1.82) is 0 Å². The normalized spacial score (nSPS) is 12.7. The summed E-state index contributed by atoms with van der Waals surface area (Å²) in [6, 6.07) is 5.10. The van der Waals surface area contributed by atoms with E-state index in [-0.39, 0.29) is 17.8 Å². The first-order valence-electron chi connectivity index (χ1n) is 7.27. The average molecular weight is 333 g/mol. The van der Waals surface area contributed by atoms with E-state index >= 15 is 0 Å². The van der Waals surface area contributed by atoms with Gasteiger partial charge in [-0.2, -0.15) is 0 Å². The fourth-order valence-corrected chi connectivity index (χ4v) is 1.83. The molecule has 0 aliphatic rings. The quantitative estimate of drug-likeness (QED) is 0.759. The van der Waals surface area contributed by atoms with Crippen LogP contribution >= 0.6 is 0 Å². The third-order valence-electron chi connectivity index (χ3n) is 2.91. The molecule has 0 saturated carbocycles. The van der Waals surface area contributed by atoms with E-state index in [0.717, 1.165) is 0 Å². The number of carbonyl (C=O) groups excluding carboxylic acids is 1. The van der Waals surface area contributed by atoms with E-state index in [1.807, 2.05) is 0 Å². The minimum atomic E-state index is -1.02. The van der Waals surface area contributed by atoms with Gasteiger partial charge < -0.3 is 15.6 Å². The topological polar surface area (TPSA) is 133 Å². The van der Waals surface area contributed by atoms with Gasteiger partial charge in [0.05, 0.1) is 11.3 Å². The van der Waals surface area contributed by atoms with E-state index in [1.165, 1.54) is 16.9 Å². The summed E-state index contributed by atoms with van der Waals surface area (Å²) in [5, 5.41) is 20.7. The van der Waals surface area contributed by atoms with Crippen molar-refractivity contribution in [3.05, 3.63) is 35.7 Å². The number of esters is 1. The highest BCUT2D eigenvalue weighted by Gasteiger charge is 2.23. The van der Waals surface area contributed by atoms with Crippen molar-refractivity contribution in [2.75, 3.05) is 0 Å². The maximum absolute atomic E-state index is 11.9. The number of nitrogens with zero attached hydrogens (tertiary/aromatic N) is 4. The van der Waals surface area contributed by atoms with E-state index in [0.29, 0.717) is 5.69 Å². The number of hydrogen-bond donors (Lipinski definition) is 2. The van der Waals surface area contributed by atoms with Crippen LogP contribution in [0.4, 0.5) is 0 Å². The summed E-state index contributed by atoms with van der Waals surface area (Å²) in [6.07, 6.45) is 0.0854. The second kappa shape index (κ2) is 6.75. The van der Waals surface area contributed by atoms with Crippen molar-refractivity contribution in [3.63, 3.8) is 0 Å². The highest BCUT2D eigenvalue weighted by molar-refractivity contribution is 5.87. The number of ether oxygens (including phenoxy) is 1. The van der Waals surface area contributed by atoms with Gasteiger partial charge in [0.25, 0.3) is 0 Å². The predicted molar refractivity (Wildman–Crippen MR) is 83.6 cm³/mol. The fourth-order valence-electron chi connectivity index (χ4n) is 1.83. The van der Waals surface area contributed by atoms with Crippen molar-refractivity contribution in [3.8, 4) is 5.69 Å². The third kappa shape index (κ3) is 4.59. The van der Waals surface area contributed by atoms with Crippen molar-refractivity contribution >= 4 is 11.9 Å². The van der Waals surface area contributed by atoms with E-state index in [2.05, 4.69) is 15.4 Å². The Balaban J connectivity index is 2.05. The zero-order valence-electron chi connectivity index (χ0n) is 13.6. The molecule has 9 nitrogen and oxygen atoms in total. The maximum atomic E-state index is 11.9. The smallest absolute Gasteiger partial charge is 0.335 e. The number of aromatic carboxylic acids is 1. The number of nitrogens with two attached hydrogens (primary N) is 1. The lowest BCUT2D eigenvalue weighted by molar-refractivity contribution is -0.156. The Kier molecular flexibility index (Phi) is 4.93. The minimum absolute atomic E-state index is 0.0854. The molecule has 0 aliphatic heterocycles. The summed E-state index contributed by atoms with van der Waals surface area (Å²) in [4.78, 5) is 23.9. The second-order valence-electron chi connectivity index (χ2n) is 6.19. The van der Waals surface area contributed by atoms with E-state index < -0.39 is 23.6 Å². The molecule has 0 spiro atoms. The molecule has 24 heavy (non-hydrogen) atoms. The number of carboxylic acids is 1. The first kappa shape index (κ1) is 17.5. The molecule has 1 atom stereocenters. The van der Waals surface area contributed by atoms with Crippen molar-refractivity contribution in [2.45, 2.75) is 38.8 Å². The Morgan fingerprint density at radius 3 is 2.46 bits per heavy atom. The molecule has 0 amide bonds. The van der Waals surface area contributed by atoms with Gasteiger partial charge in [0.2, 0.25) is 0 Å². The molecule has 1 aromatic carbocycles. The van der Waals surface area contributed by atoms with Gasteiger partial charge in [-0.15, -0.1) is 15.0 Å².